The molecule has 2 aromatic carbocycles. The Morgan fingerprint density at radius 1 is 1.16 bits per heavy atom. The summed E-state index contributed by atoms with van der Waals surface area (Å²) in [5.74, 6) is 1.02. The van der Waals surface area contributed by atoms with Crippen molar-refractivity contribution in [1.82, 2.24) is 5.32 Å². The number of hydrogen-bond acceptors (Lipinski definition) is 2. The normalized spacial score (nSPS) is 20.4. The van der Waals surface area contributed by atoms with Crippen molar-refractivity contribution in [3.05, 3.63) is 63.1 Å². The molecular formula is C21H22BrNO2. The average Bonchev–Trinajstić information content (AvgIpc) is 3.36. The molecule has 2 aliphatic rings. The minimum absolute atomic E-state index is 0.0112. The molecule has 1 aliphatic heterocycles. The highest BCUT2D eigenvalue weighted by molar-refractivity contribution is 9.10. The molecule has 4 heteroatoms. The first-order chi connectivity index (χ1) is 12.0. The molecule has 1 atom stereocenters. The van der Waals surface area contributed by atoms with Gasteiger partial charge in [0, 0.05) is 16.5 Å². The fourth-order valence-electron chi connectivity index (χ4n) is 3.83. The van der Waals surface area contributed by atoms with Crippen LogP contribution < -0.4 is 10.1 Å². The van der Waals surface area contributed by atoms with Crippen LogP contribution in [-0.4, -0.2) is 12.5 Å². The molecule has 1 N–H and O–H groups in total. The van der Waals surface area contributed by atoms with Gasteiger partial charge in [-0.15, -0.1) is 0 Å². The first-order valence-corrected chi connectivity index (χ1v) is 9.59. The average molecular weight is 400 g/mol. The number of aryl methyl sites for hydroxylation is 2. The predicted molar refractivity (Wildman–Crippen MR) is 102 cm³/mol. The number of nitrogens with one attached hydrogen (secondary N) is 1. The van der Waals surface area contributed by atoms with Gasteiger partial charge in [0.05, 0.1) is 18.1 Å². The van der Waals surface area contributed by atoms with Gasteiger partial charge in [-0.3, -0.25) is 4.79 Å². The number of amides is 1. The third kappa shape index (κ3) is 3.08. The van der Waals surface area contributed by atoms with E-state index in [0.29, 0.717) is 6.61 Å². The summed E-state index contributed by atoms with van der Waals surface area (Å²) in [5.41, 5.74) is 4.31. The molecule has 0 bridgehead atoms. The Kier molecular flexibility index (Phi) is 4.11. The summed E-state index contributed by atoms with van der Waals surface area (Å²) >= 11 is 3.52. The van der Waals surface area contributed by atoms with Crippen molar-refractivity contribution in [3.8, 4) is 5.75 Å². The smallest absolute Gasteiger partial charge is 0.231 e. The minimum Gasteiger partial charge on any atom is -0.493 e. The third-order valence-electron chi connectivity index (χ3n) is 5.28. The fraction of sp³-hybridized carbons (Fsp3) is 0.381. The van der Waals surface area contributed by atoms with Crippen LogP contribution in [0.2, 0.25) is 0 Å². The SMILES string of the molecule is Cc1cc(C)cc(C2(C(=O)NC3CCOc4ccc(Br)cc43)CC2)c1. The maximum absolute atomic E-state index is 13.1. The van der Waals surface area contributed by atoms with E-state index in [1.165, 1.54) is 11.1 Å². The Hall–Kier alpha value is -1.81. The lowest BCUT2D eigenvalue weighted by molar-refractivity contribution is -0.124. The molecule has 0 spiro atoms. The standard InChI is InChI=1S/C21H22BrNO2/c1-13-9-14(2)11-15(10-13)21(6-7-21)20(24)23-18-5-8-25-19-4-3-16(22)12-17(18)19/h3-4,9-12,18H,5-8H2,1-2H3,(H,23,24). The monoisotopic (exact) mass is 399 g/mol. The molecule has 1 unspecified atom stereocenters. The lowest BCUT2D eigenvalue weighted by Gasteiger charge is -2.29. The molecule has 0 radical (unpaired) electrons. The van der Waals surface area contributed by atoms with Crippen LogP contribution in [0.1, 0.15) is 47.6 Å². The van der Waals surface area contributed by atoms with Gasteiger partial charge >= 0.3 is 0 Å². The maximum atomic E-state index is 13.1. The van der Waals surface area contributed by atoms with Crippen LogP contribution in [-0.2, 0) is 10.2 Å². The van der Waals surface area contributed by atoms with Gasteiger partial charge in [0.2, 0.25) is 5.91 Å². The highest BCUT2D eigenvalue weighted by atomic mass is 79.9. The van der Waals surface area contributed by atoms with Crippen LogP contribution in [0.25, 0.3) is 0 Å². The summed E-state index contributed by atoms with van der Waals surface area (Å²) in [4.78, 5) is 13.1. The quantitative estimate of drug-likeness (QED) is 0.809. The Morgan fingerprint density at radius 2 is 1.88 bits per heavy atom. The lowest BCUT2D eigenvalue weighted by atomic mass is 9.91. The van der Waals surface area contributed by atoms with E-state index in [-0.39, 0.29) is 17.4 Å². The molecule has 0 aromatic heterocycles. The van der Waals surface area contributed by atoms with Crippen molar-refractivity contribution in [1.29, 1.82) is 0 Å². The second kappa shape index (κ2) is 6.17. The molecule has 1 saturated carbocycles. The summed E-state index contributed by atoms with van der Waals surface area (Å²) in [7, 11) is 0. The second-order valence-electron chi connectivity index (χ2n) is 7.30. The van der Waals surface area contributed by atoms with Crippen LogP contribution in [0.3, 0.4) is 0 Å². The van der Waals surface area contributed by atoms with Crippen molar-refractivity contribution in [2.45, 2.75) is 44.6 Å². The number of rotatable bonds is 3. The largest absolute Gasteiger partial charge is 0.493 e. The number of halogens is 1. The van der Waals surface area contributed by atoms with Gasteiger partial charge in [0.25, 0.3) is 0 Å². The Labute approximate surface area is 156 Å². The predicted octanol–water partition coefficient (Wildman–Crippen LogP) is 4.74. The molecule has 2 aromatic rings. The van der Waals surface area contributed by atoms with E-state index >= 15 is 0 Å². The zero-order chi connectivity index (χ0) is 17.6. The second-order valence-corrected chi connectivity index (χ2v) is 8.22. The first-order valence-electron chi connectivity index (χ1n) is 8.80. The first kappa shape index (κ1) is 16.6. The molecule has 1 amide bonds. The molecule has 1 aliphatic carbocycles. The number of benzene rings is 2. The van der Waals surface area contributed by atoms with E-state index in [1.807, 2.05) is 12.1 Å². The van der Waals surface area contributed by atoms with E-state index in [1.54, 1.807) is 0 Å². The summed E-state index contributed by atoms with van der Waals surface area (Å²) in [6, 6.07) is 12.5. The topological polar surface area (TPSA) is 38.3 Å². The van der Waals surface area contributed by atoms with Crippen LogP contribution >= 0.6 is 15.9 Å². The van der Waals surface area contributed by atoms with E-state index in [2.05, 4.69) is 59.4 Å². The number of carbonyl (C=O) groups is 1. The summed E-state index contributed by atoms with van der Waals surface area (Å²) in [6.07, 6.45) is 2.66. The van der Waals surface area contributed by atoms with Crippen molar-refractivity contribution < 1.29 is 9.53 Å². The molecule has 1 fully saturated rings. The molecule has 4 rings (SSSR count). The van der Waals surface area contributed by atoms with Crippen LogP contribution in [0.15, 0.2) is 40.9 Å². The van der Waals surface area contributed by atoms with Gasteiger partial charge in [0.1, 0.15) is 5.75 Å². The molecule has 130 valence electrons. The zero-order valence-corrected chi connectivity index (χ0v) is 16.2. The summed E-state index contributed by atoms with van der Waals surface area (Å²) < 4.78 is 6.74. The van der Waals surface area contributed by atoms with Crippen LogP contribution in [0, 0.1) is 13.8 Å². The Bertz CT molecular complexity index is 822. The molecule has 25 heavy (non-hydrogen) atoms. The number of ether oxygens (including phenoxy) is 1. The Morgan fingerprint density at radius 3 is 2.56 bits per heavy atom. The van der Waals surface area contributed by atoms with E-state index in [0.717, 1.165) is 40.6 Å². The number of fused-ring (bicyclic) bond motifs is 1. The summed E-state index contributed by atoms with van der Waals surface area (Å²) in [5, 5.41) is 3.30. The Balaban J connectivity index is 1.60. The van der Waals surface area contributed by atoms with Crippen molar-refractivity contribution >= 4 is 21.8 Å². The van der Waals surface area contributed by atoms with E-state index < -0.39 is 0 Å². The van der Waals surface area contributed by atoms with Gasteiger partial charge in [-0.25, -0.2) is 0 Å². The van der Waals surface area contributed by atoms with Crippen molar-refractivity contribution in [2.75, 3.05) is 6.61 Å². The summed E-state index contributed by atoms with van der Waals surface area (Å²) in [6.45, 7) is 4.82. The molecule has 1 heterocycles. The van der Waals surface area contributed by atoms with Gasteiger partial charge in [-0.2, -0.15) is 0 Å². The van der Waals surface area contributed by atoms with Gasteiger partial charge in [-0.05, 0) is 50.5 Å². The van der Waals surface area contributed by atoms with Gasteiger partial charge in [0.15, 0.2) is 0 Å². The zero-order valence-electron chi connectivity index (χ0n) is 14.6. The number of carbonyl (C=O) groups excluding carboxylic acids is 1. The highest BCUT2D eigenvalue weighted by Gasteiger charge is 2.52. The minimum atomic E-state index is -0.346. The number of hydrogen-bond donors (Lipinski definition) is 1. The maximum Gasteiger partial charge on any atom is 0.231 e. The molecular weight excluding hydrogens is 378 g/mol. The lowest BCUT2D eigenvalue weighted by Crippen LogP contribution is -2.39. The van der Waals surface area contributed by atoms with E-state index in [4.69, 9.17) is 4.74 Å². The molecule has 3 nitrogen and oxygen atoms in total. The fourth-order valence-corrected chi connectivity index (χ4v) is 4.21. The van der Waals surface area contributed by atoms with Gasteiger partial charge < -0.3 is 10.1 Å². The molecule has 0 saturated heterocycles. The van der Waals surface area contributed by atoms with E-state index in [9.17, 15) is 4.79 Å². The third-order valence-corrected chi connectivity index (χ3v) is 5.77. The van der Waals surface area contributed by atoms with Crippen LogP contribution in [0.5, 0.6) is 5.75 Å². The van der Waals surface area contributed by atoms with Crippen molar-refractivity contribution in [2.24, 2.45) is 0 Å². The van der Waals surface area contributed by atoms with Crippen LogP contribution in [0.4, 0.5) is 0 Å². The highest BCUT2D eigenvalue weighted by Crippen LogP contribution is 2.49. The van der Waals surface area contributed by atoms with Gasteiger partial charge in [-0.1, -0.05) is 45.3 Å². The van der Waals surface area contributed by atoms with Crippen molar-refractivity contribution in [3.63, 3.8) is 0 Å².